The topological polar surface area (TPSA) is 62.3 Å². The van der Waals surface area contributed by atoms with Gasteiger partial charge in [-0.05, 0) is 24.3 Å². The zero-order chi connectivity index (χ0) is 17.1. The number of aliphatic hydroxyl groups excluding tert-OH is 1. The van der Waals surface area contributed by atoms with E-state index in [1.54, 1.807) is 6.07 Å². The van der Waals surface area contributed by atoms with Crippen molar-refractivity contribution >= 4 is 16.7 Å². The van der Waals surface area contributed by atoms with Gasteiger partial charge in [0.05, 0.1) is 6.61 Å². The molecule has 0 saturated heterocycles. The number of ether oxygens (including phenoxy) is 1. The monoisotopic (exact) mass is 331 g/mol. The number of aliphatic hydroxyl groups is 1. The lowest BCUT2D eigenvalue weighted by Crippen LogP contribution is -2.08. The third kappa shape index (κ3) is 3.28. The van der Waals surface area contributed by atoms with Crippen LogP contribution in [0, 0.1) is 11.6 Å². The SMILES string of the molecule is O=C(Cc1ccc(F)cc1OCCO)c1c[nH]c2cc(F)ccc12. The van der Waals surface area contributed by atoms with E-state index in [2.05, 4.69) is 4.98 Å². The average Bonchev–Trinajstić information content (AvgIpc) is 2.98. The van der Waals surface area contributed by atoms with E-state index in [9.17, 15) is 13.6 Å². The van der Waals surface area contributed by atoms with Gasteiger partial charge in [-0.2, -0.15) is 0 Å². The molecular formula is C18H15F2NO3. The van der Waals surface area contributed by atoms with Crippen molar-refractivity contribution in [1.82, 2.24) is 4.98 Å². The third-order valence-electron chi connectivity index (χ3n) is 3.67. The van der Waals surface area contributed by atoms with Crippen LogP contribution in [0.1, 0.15) is 15.9 Å². The van der Waals surface area contributed by atoms with Crippen molar-refractivity contribution in [1.29, 1.82) is 0 Å². The first-order chi connectivity index (χ1) is 11.6. The van der Waals surface area contributed by atoms with Gasteiger partial charge in [-0.15, -0.1) is 0 Å². The molecule has 0 atom stereocenters. The maximum atomic E-state index is 13.4. The second kappa shape index (κ2) is 6.80. The first-order valence-electron chi connectivity index (χ1n) is 7.40. The molecule has 0 saturated carbocycles. The normalized spacial score (nSPS) is 11.0. The van der Waals surface area contributed by atoms with Gasteiger partial charge in [0.25, 0.3) is 0 Å². The number of ketones is 1. The maximum Gasteiger partial charge on any atom is 0.169 e. The Morgan fingerprint density at radius 3 is 2.67 bits per heavy atom. The molecule has 124 valence electrons. The van der Waals surface area contributed by atoms with Crippen LogP contribution in [0.25, 0.3) is 10.9 Å². The van der Waals surface area contributed by atoms with Crippen molar-refractivity contribution in [2.24, 2.45) is 0 Å². The highest BCUT2D eigenvalue weighted by Crippen LogP contribution is 2.25. The first-order valence-corrected chi connectivity index (χ1v) is 7.40. The fourth-order valence-electron chi connectivity index (χ4n) is 2.56. The average molecular weight is 331 g/mol. The molecule has 4 nitrogen and oxygen atoms in total. The van der Waals surface area contributed by atoms with E-state index in [1.165, 1.54) is 36.5 Å². The van der Waals surface area contributed by atoms with Crippen LogP contribution in [0.2, 0.25) is 0 Å². The number of carbonyl (C=O) groups is 1. The number of Topliss-reactive ketones (excluding diaryl/α,β-unsaturated/α-hetero) is 1. The maximum absolute atomic E-state index is 13.4. The number of halogens is 2. The smallest absolute Gasteiger partial charge is 0.169 e. The van der Waals surface area contributed by atoms with E-state index in [1.807, 2.05) is 0 Å². The Bertz CT molecular complexity index is 889. The molecule has 1 aromatic heterocycles. The summed E-state index contributed by atoms with van der Waals surface area (Å²) in [5, 5.41) is 9.47. The van der Waals surface area contributed by atoms with E-state index in [0.717, 1.165) is 0 Å². The number of fused-ring (bicyclic) bond motifs is 1. The fourth-order valence-corrected chi connectivity index (χ4v) is 2.56. The number of hydrogen-bond acceptors (Lipinski definition) is 3. The van der Waals surface area contributed by atoms with Crippen LogP contribution in [0.3, 0.4) is 0 Å². The zero-order valence-electron chi connectivity index (χ0n) is 12.7. The van der Waals surface area contributed by atoms with E-state index in [0.29, 0.717) is 22.0 Å². The summed E-state index contributed by atoms with van der Waals surface area (Å²) < 4.78 is 31.9. The Morgan fingerprint density at radius 2 is 1.88 bits per heavy atom. The molecule has 0 aliphatic rings. The number of H-pyrrole nitrogens is 1. The number of hydrogen-bond donors (Lipinski definition) is 2. The van der Waals surface area contributed by atoms with Gasteiger partial charge in [0, 0.05) is 40.7 Å². The molecule has 1 heterocycles. The van der Waals surface area contributed by atoms with Gasteiger partial charge >= 0.3 is 0 Å². The van der Waals surface area contributed by atoms with E-state index in [-0.39, 0.29) is 37.0 Å². The number of benzene rings is 2. The summed E-state index contributed by atoms with van der Waals surface area (Å²) in [6.07, 6.45) is 1.54. The summed E-state index contributed by atoms with van der Waals surface area (Å²) >= 11 is 0. The molecule has 0 amide bonds. The van der Waals surface area contributed by atoms with Crippen LogP contribution in [0.5, 0.6) is 5.75 Å². The molecule has 3 rings (SSSR count). The summed E-state index contributed by atoms with van der Waals surface area (Å²) in [5.41, 5.74) is 1.49. The summed E-state index contributed by atoms with van der Waals surface area (Å²) in [6.45, 7) is -0.199. The van der Waals surface area contributed by atoms with E-state index >= 15 is 0 Å². The predicted molar refractivity (Wildman–Crippen MR) is 85.3 cm³/mol. The molecular weight excluding hydrogens is 316 g/mol. The quantitative estimate of drug-likeness (QED) is 0.682. The van der Waals surface area contributed by atoms with Gasteiger partial charge in [-0.25, -0.2) is 8.78 Å². The Hall–Kier alpha value is -2.73. The second-order valence-electron chi connectivity index (χ2n) is 5.32. The minimum absolute atomic E-state index is 0.00533. The van der Waals surface area contributed by atoms with Crippen LogP contribution in [0.4, 0.5) is 8.78 Å². The minimum atomic E-state index is -0.485. The van der Waals surface area contributed by atoms with E-state index < -0.39 is 5.82 Å². The molecule has 2 aromatic carbocycles. The lowest BCUT2D eigenvalue weighted by atomic mass is 10.0. The van der Waals surface area contributed by atoms with Crippen molar-refractivity contribution in [3.05, 3.63) is 65.4 Å². The lowest BCUT2D eigenvalue weighted by molar-refractivity contribution is 0.0993. The van der Waals surface area contributed by atoms with Crippen LogP contribution in [0.15, 0.2) is 42.6 Å². The summed E-state index contributed by atoms with van der Waals surface area (Å²) in [6, 6.07) is 8.07. The number of aromatic nitrogens is 1. The van der Waals surface area contributed by atoms with Gasteiger partial charge in [-0.1, -0.05) is 6.07 Å². The van der Waals surface area contributed by atoms with Gasteiger partial charge in [0.1, 0.15) is 24.0 Å². The molecule has 0 spiro atoms. The number of carbonyl (C=O) groups excluding carboxylic acids is 1. The van der Waals surface area contributed by atoms with Crippen molar-refractivity contribution in [3.63, 3.8) is 0 Å². The zero-order valence-corrected chi connectivity index (χ0v) is 12.7. The molecule has 3 aromatic rings. The predicted octanol–water partition coefficient (Wildman–Crippen LogP) is 3.24. The standard InChI is InChI=1S/C18H15F2NO3/c19-12-3-4-14-15(10-21-16(14)8-12)17(23)7-11-1-2-13(20)9-18(11)24-6-5-22/h1-4,8-10,21-22H,5-7H2. The molecule has 24 heavy (non-hydrogen) atoms. The Morgan fingerprint density at radius 1 is 1.12 bits per heavy atom. The molecule has 0 unspecified atom stereocenters. The molecule has 0 bridgehead atoms. The first kappa shape index (κ1) is 16.1. The number of nitrogens with one attached hydrogen (secondary N) is 1. The van der Waals surface area contributed by atoms with Crippen LogP contribution < -0.4 is 4.74 Å². The number of rotatable bonds is 6. The minimum Gasteiger partial charge on any atom is -0.491 e. The molecule has 0 aliphatic heterocycles. The van der Waals surface area contributed by atoms with Crippen molar-refractivity contribution < 1.29 is 23.4 Å². The molecule has 0 fully saturated rings. The second-order valence-corrected chi connectivity index (χ2v) is 5.32. The third-order valence-corrected chi connectivity index (χ3v) is 3.67. The van der Waals surface area contributed by atoms with Crippen LogP contribution in [-0.4, -0.2) is 29.1 Å². The summed E-state index contributed by atoms with van der Waals surface area (Å²) in [4.78, 5) is 15.4. The Kier molecular flexibility index (Phi) is 4.57. The van der Waals surface area contributed by atoms with Crippen LogP contribution >= 0.6 is 0 Å². The van der Waals surface area contributed by atoms with Gasteiger partial charge in [0.2, 0.25) is 0 Å². The summed E-state index contributed by atoms with van der Waals surface area (Å²) in [5.74, 6) is -0.847. The number of aromatic amines is 1. The van der Waals surface area contributed by atoms with E-state index in [4.69, 9.17) is 9.84 Å². The summed E-state index contributed by atoms with van der Waals surface area (Å²) in [7, 11) is 0. The molecule has 2 N–H and O–H groups in total. The van der Waals surface area contributed by atoms with Crippen molar-refractivity contribution in [2.75, 3.05) is 13.2 Å². The van der Waals surface area contributed by atoms with Crippen molar-refractivity contribution in [3.8, 4) is 5.75 Å². The molecule has 0 aliphatic carbocycles. The highest BCUT2D eigenvalue weighted by Gasteiger charge is 2.16. The highest BCUT2D eigenvalue weighted by atomic mass is 19.1. The van der Waals surface area contributed by atoms with Crippen molar-refractivity contribution in [2.45, 2.75) is 6.42 Å². The van der Waals surface area contributed by atoms with Gasteiger partial charge in [-0.3, -0.25) is 4.79 Å². The van der Waals surface area contributed by atoms with Gasteiger partial charge < -0.3 is 14.8 Å². The lowest BCUT2D eigenvalue weighted by Gasteiger charge is -2.10. The highest BCUT2D eigenvalue weighted by molar-refractivity contribution is 6.08. The largest absolute Gasteiger partial charge is 0.491 e. The van der Waals surface area contributed by atoms with Crippen LogP contribution in [-0.2, 0) is 6.42 Å². The van der Waals surface area contributed by atoms with Gasteiger partial charge in [0.15, 0.2) is 5.78 Å². The Balaban J connectivity index is 1.88. The fraction of sp³-hybridized carbons (Fsp3) is 0.167. The molecule has 0 radical (unpaired) electrons. The molecule has 6 heteroatoms. The Labute approximate surface area is 136 Å².